The Balaban J connectivity index is 1.19. The van der Waals surface area contributed by atoms with E-state index in [4.69, 9.17) is 14.2 Å². The van der Waals surface area contributed by atoms with Crippen LogP contribution in [0.1, 0.15) is 155 Å². The van der Waals surface area contributed by atoms with E-state index < -0.39 is 103 Å². The number of piperazine rings is 1. The van der Waals surface area contributed by atoms with Crippen LogP contribution in [0.15, 0.2) is 66.2 Å². The highest BCUT2D eigenvalue weighted by Gasteiger charge is 2.43. The molecule has 27 heteroatoms. The molecule has 3 heterocycles. The second kappa shape index (κ2) is 40.3. The lowest BCUT2D eigenvalue weighted by Crippen LogP contribution is -2.56. The van der Waals surface area contributed by atoms with Gasteiger partial charge in [0, 0.05) is 110 Å². The maximum atomic E-state index is 14.5. The van der Waals surface area contributed by atoms with Gasteiger partial charge < -0.3 is 60.4 Å². The van der Waals surface area contributed by atoms with Crippen LogP contribution in [0.2, 0.25) is 0 Å². The third kappa shape index (κ3) is 23.4. The molecule has 98 heavy (non-hydrogen) atoms. The minimum absolute atomic E-state index is 0.0840. The summed E-state index contributed by atoms with van der Waals surface area (Å²) >= 11 is 1.47. The van der Waals surface area contributed by atoms with Gasteiger partial charge in [-0.15, -0.1) is 11.3 Å². The highest BCUT2D eigenvalue weighted by atomic mass is 32.1. The summed E-state index contributed by atoms with van der Waals surface area (Å²) in [5.41, 5.74) is 1.62. The number of likely N-dealkylation sites (tertiary alicyclic amines) is 1. The number of hydrogen-bond donors (Lipinski definition) is 5. The molecule has 10 atom stereocenters. The average molecular weight is 1390 g/mol. The van der Waals surface area contributed by atoms with E-state index in [-0.39, 0.29) is 85.2 Å². The first-order chi connectivity index (χ1) is 46.7. The molecule has 5 rings (SSSR count). The van der Waals surface area contributed by atoms with Crippen LogP contribution in [0.4, 0.5) is 10.5 Å². The first-order valence-electron chi connectivity index (χ1n) is 34.5. The van der Waals surface area contributed by atoms with Crippen LogP contribution in [0.5, 0.6) is 0 Å². The van der Waals surface area contributed by atoms with Gasteiger partial charge in [0.2, 0.25) is 59.3 Å². The summed E-state index contributed by atoms with van der Waals surface area (Å²) in [5, 5.41) is 16.7. The van der Waals surface area contributed by atoms with Gasteiger partial charge in [0.05, 0.1) is 55.8 Å². The number of rotatable bonds is 37. The number of amides is 11. The molecule has 2 fully saturated rings. The zero-order valence-electron chi connectivity index (χ0n) is 60.0. The number of carbonyl (C=O) groups is 11. The number of methoxy groups -OCH3 is 2. The molecule has 0 saturated carbocycles. The molecule has 0 spiro atoms. The van der Waals surface area contributed by atoms with Crippen molar-refractivity contribution in [2.24, 2.45) is 23.7 Å². The fourth-order valence-electron chi connectivity index (χ4n) is 12.7. The summed E-state index contributed by atoms with van der Waals surface area (Å²) < 4.78 is 18.2. The van der Waals surface area contributed by atoms with E-state index in [1.807, 2.05) is 63.5 Å². The standard InChI is InChI=1S/C71H108N12O14S/c1-15-47(8)63(54(95-13)42-59(88)82-35-24-27-53(82)64(96-14)48(9)66(90)76-52(69-72-33-40-98-69)41-49-25-20-18-21-26-49)79(11)60(89)44-74-68(92)62(46(6)7)80(12)71(94)97-65(70(93)81-38-36-78(10)37-39-81)50-29-31-51(32-30-50)75-56(85)43-73-67(91)61(45(4)5)77-55(84)28-22-19-23-34-83(57(86)16-2)58(87)17-3/h18,20-21,25-26,29-33,40,45-48,52-54,61-65H,15-17,19,22-24,27-28,34-39,41-44H2,1-14H3,(H,73,91)(H,74,92)(H,75,85)(H,76,90)(H,77,84)/t47-,48+,52-,53-,54+,61?,62?,63-,64+,65?/m0/s1. The number of aromatic nitrogens is 1. The molecular formula is C71H108N12O14S. The van der Waals surface area contributed by atoms with Gasteiger partial charge in [-0.1, -0.05) is 118 Å². The number of unbranched alkanes of at least 4 members (excludes halogenated alkanes) is 2. The fourth-order valence-corrected chi connectivity index (χ4v) is 13.4. The summed E-state index contributed by atoms with van der Waals surface area (Å²) in [7, 11) is 7.96. The molecule has 2 aliphatic rings. The normalized spacial score (nSPS) is 16.8. The number of hydrogen-bond acceptors (Lipinski definition) is 17. The van der Waals surface area contributed by atoms with Crippen LogP contribution in [0.3, 0.4) is 0 Å². The van der Waals surface area contributed by atoms with E-state index >= 15 is 0 Å². The third-order valence-corrected chi connectivity index (χ3v) is 19.5. The Labute approximate surface area is 582 Å². The molecular weight excluding hydrogens is 1280 g/mol. The Bertz CT molecular complexity index is 3080. The number of imide groups is 1. The van der Waals surface area contributed by atoms with Crippen LogP contribution in [0.25, 0.3) is 0 Å². The van der Waals surface area contributed by atoms with Crippen LogP contribution < -0.4 is 26.6 Å². The molecule has 542 valence electrons. The van der Waals surface area contributed by atoms with Gasteiger partial charge in [-0.3, -0.25) is 57.7 Å². The van der Waals surface area contributed by atoms with Crippen LogP contribution in [-0.2, 0) is 68.6 Å². The van der Waals surface area contributed by atoms with Gasteiger partial charge in [0.15, 0.2) is 0 Å². The number of nitrogens with zero attached hydrogens (tertiary/aromatic N) is 7. The number of carbonyl (C=O) groups excluding carboxylic acids is 11. The second-order valence-electron chi connectivity index (χ2n) is 26.3. The number of benzene rings is 2. The van der Waals surface area contributed by atoms with Crippen LogP contribution in [-0.4, -0.2) is 224 Å². The van der Waals surface area contributed by atoms with Crippen molar-refractivity contribution in [3.8, 4) is 0 Å². The van der Waals surface area contributed by atoms with Crippen molar-refractivity contribution >= 4 is 82.2 Å². The SMILES string of the molecule is CCC(=O)N(CCCCCC(=O)NC(C(=O)NCC(=O)Nc1ccc(C(OC(=O)N(C)C(C(=O)NCC(=O)N(C)[C@@H]([C@@H](C)CC)[C@@H](CC(=O)N2CCC[C@H]2[C@H](OC)[C@@H](C)C(=O)N[C@@H](Cc2ccccc2)c2nccs2)OC)C(C)C)C(=O)N2CCN(C)CC2)cc1)C(C)C)C(=O)CC. The van der Waals surface area contributed by atoms with Crippen molar-refractivity contribution in [3.63, 3.8) is 0 Å². The van der Waals surface area contributed by atoms with E-state index in [2.05, 4.69) is 36.5 Å². The molecule has 3 unspecified atom stereocenters. The molecule has 0 bridgehead atoms. The van der Waals surface area contributed by atoms with Crippen molar-refractivity contribution < 1.29 is 67.0 Å². The number of anilines is 1. The highest BCUT2D eigenvalue weighted by molar-refractivity contribution is 7.09. The predicted octanol–water partition coefficient (Wildman–Crippen LogP) is 6.12. The lowest BCUT2D eigenvalue weighted by atomic mass is 9.90. The van der Waals surface area contributed by atoms with Gasteiger partial charge in [0.25, 0.3) is 5.91 Å². The Morgan fingerprint density at radius 2 is 1.36 bits per heavy atom. The molecule has 0 radical (unpaired) electrons. The smallest absolute Gasteiger partial charge is 0.411 e. The lowest BCUT2D eigenvalue weighted by molar-refractivity contribution is -0.146. The summed E-state index contributed by atoms with van der Waals surface area (Å²) in [6.45, 7) is 17.8. The van der Waals surface area contributed by atoms with Gasteiger partial charge in [-0.05, 0) is 74.6 Å². The molecule has 26 nitrogen and oxygen atoms in total. The molecule has 11 amide bonds. The van der Waals surface area contributed by atoms with Crippen LogP contribution in [0, 0.1) is 23.7 Å². The quantitative estimate of drug-likeness (QED) is 0.0406. The van der Waals surface area contributed by atoms with Gasteiger partial charge in [0.1, 0.15) is 17.1 Å². The zero-order chi connectivity index (χ0) is 72.3. The van der Waals surface area contributed by atoms with E-state index in [1.54, 1.807) is 71.7 Å². The molecule has 2 aliphatic heterocycles. The fraction of sp³-hybridized carbons (Fsp3) is 0.634. The lowest BCUT2D eigenvalue weighted by Gasteiger charge is -2.39. The minimum atomic E-state index is -1.48. The van der Waals surface area contributed by atoms with Crippen molar-refractivity contribution in [2.45, 2.75) is 181 Å². The number of thiazole rings is 1. The van der Waals surface area contributed by atoms with Gasteiger partial charge >= 0.3 is 6.09 Å². The minimum Gasteiger partial charge on any atom is -0.431 e. The maximum absolute atomic E-state index is 14.5. The van der Waals surface area contributed by atoms with E-state index in [0.717, 1.165) is 15.5 Å². The Morgan fingerprint density at radius 3 is 1.94 bits per heavy atom. The average Bonchev–Trinajstić information content (AvgIpc) is 1.77. The van der Waals surface area contributed by atoms with E-state index in [9.17, 15) is 52.7 Å². The molecule has 5 N–H and O–H groups in total. The molecule has 2 saturated heterocycles. The second-order valence-corrected chi connectivity index (χ2v) is 27.2. The molecule has 2 aromatic carbocycles. The first kappa shape index (κ1) is 80.8. The largest absolute Gasteiger partial charge is 0.431 e. The van der Waals surface area contributed by atoms with E-state index in [0.29, 0.717) is 83.4 Å². The molecule has 1 aromatic heterocycles. The summed E-state index contributed by atoms with van der Waals surface area (Å²) in [6, 6.07) is 12.4. The van der Waals surface area contributed by atoms with Crippen molar-refractivity contribution in [3.05, 3.63) is 82.3 Å². The van der Waals surface area contributed by atoms with Crippen LogP contribution >= 0.6 is 11.3 Å². The van der Waals surface area contributed by atoms with Crippen molar-refractivity contribution in [2.75, 3.05) is 93.0 Å². The van der Waals surface area contributed by atoms with Gasteiger partial charge in [-0.25, -0.2) is 9.78 Å². The third-order valence-electron chi connectivity index (χ3n) is 18.6. The Morgan fingerprint density at radius 1 is 0.704 bits per heavy atom. The number of likely N-dealkylation sites (N-methyl/N-ethyl adjacent to an activating group) is 3. The van der Waals surface area contributed by atoms with E-state index in [1.165, 1.54) is 59.6 Å². The summed E-state index contributed by atoms with van der Waals surface area (Å²) in [6.07, 6.45) is 2.37. The number of nitrogens with one attached hydrogen (secondary N) is 5. The monoisotopic (exact) mass is 1380 g/mol. The topological polar surface area (TPSA) is 308 Å². The van der Waals surface area contributed by atoms with Crippen molar-refractivity contribution in [1.29, 1.82) is 0 Å². The first-order valence-corrected chi connectivity index (χ1v) is 35.4. The zero-order valence-corrected chi connectivity index (χ0v) is 60.8. The van der Waals surface area contributed by atoms with Crippen molar-refractivity contribution in [1.82, 2.24) is 55.7 Å². The predicted molar refractivity (Wildman–Crippen MR) is 373 cm³/mol. The maximum Gasteiger partial charge on any atom is 0.411 e. The number of ether oxygens (including phenoxy) is 3. The Hall–Kier alpha value is -7.88. The summed E-state index contributed by atoms with van der Waals surface area (Å²) in [4.78, 5) is 164. The Kier molecular flexibility index (Phi) is 33.2. The molecule has 0 aliphatic carbocycles. The summed E-state index contributed by atoms with van der Waals surface area (Å²) in [5.74, 6) is -5.72. The molecule has 3 aromatic rings. The highest BCUT2D eigenvalue weighted by Crippen LogP contribution is 2.31. The van der Waals surface area contributed by atoms with Gasteiger partial charge in [-0.2, -0.15) is 0 Å².